The fraction of sp³-hybridized carbons (Fsp3) is 0.500. The Morgan fingerprint density at radius 3 is 2.65 bits per heavy atom. The van der Waals surface area contributed by atoms with Gasteiger partial charge >= 0.3 is 7.82 Å². The van der Waals surface area contributed by atoms with Crippen molar-refractivity contribution in [3.8, 4) is 0 Å². The van der Waals surface area contributed by atoms with Crippen molar-refractivity contribution in [3.05, 3.63) is 16.7 Å². The summed E-state index contributed by atoms with van der Waals surface area (Å²) in [5, 5.41) is 19.3. The first-order valence-corrected chi connectivity index (χ1v) is 8.15. The summed E-state index contributed by atoms with van der Waals surface area (Å²) < 4.78 is 22.2. The van der Waals surface area contributed by atoms with E-state index in [9.17, 15) is 19.6 Å². The molecule has 0 spiro atoms. The molecule has 4 atom stereocenters. The van der Waals surface area contributed by atoms with Gasteiger partial charge in [-0.2, -0.15) is 4.98 Å². The number of H-pyrrole nitrogens is 1. The number of aromatic nitrogens is 4. The van der Waals surface area contributed by atoms with Crippen molar-refractivity contribution in [2.75, 3.05) is 12.3 Å². The largest absolute Gasteiger partial charge is 0.470 e. The Balaban J connectivity index is 0.00000169. The monoisotopic (exact) mass is 409 g/mol. The average Bonchev–Trinajstić information content (AvgIpc) is 3.00. The second kappa shape index (κ2) is 9.09. The van der Waals surface area contributed by atoms with Crippen molar-refractivity contribution in [1.29, 1.82) is 0 Å². The standard InChI is InChI=1S/C10H14N5O8P.2Na/c11-10-13-7-4(8(18)14-10)12-2-15(7)9-6(23-24(19,20)21)5(17)3(1-16)22-9;;/h2-3,5-6,9,16-17H,1H2,(H2,19,20,21)(H3,11,13,14,18);;/t3-,5-,6-,9-;;/m1../s1. The zero-order valence-corrected chi connectivity index (χ0v) is 18.8. The Kier molecular flexibility index (Phi) is 8.46. The average molecular weight is 409 g/mol. The van der Waals surface area contributed by atoms with E-state index >= 15 is 0 Å². The molecule has 2 aromatic heterocycles. The van der Waals surface area contributed by atoms with Gasteiger partial charge in [0.05, 0.1) is 12.9 Å². The van der Waals surface area contributed by atoms with Gasteiger partial charge in [0, 0.05) is 59.1 Å². The third-order valence-electron chi connectivity index (χ3n) is 3.48. The summed E-state index contributed by atoms with van der Waals surface area (Å²) >= 11 is 0. The summed E-state index contributed by atoms with van der Waals surface area (Å²) in [5.41, 5.74) is 4.72. The van der Waals surface area contributed by atoms with Crippen LogP contribution in [0.15, 0.2) is 11.1 Å². The zero-order chi connectivity index (χ0) is 17.6. The summed E-state index contributed by atoms with van der Waals surface area (Å²) in [6.07, 6.45) is -4.42. The predicted molar refractivity (Wildman–Crippen MR) is 88.0 cm³/mol. The Labute approximate surface area is 189 Å². The third kappa shape index (κ3) is 4.75. The van der Waals surface area contributed by atoms with E-state index in [0.29, 0.717) is 0 Å². The molecule has 2 radical (unpaired) electrons. The second-order valence-electron chi connectivity index (χ2n) is 5.07. The molecule has 3 rings (SSSR count). The molecular weight excluding hydrogens is 395 g/mol. The summed E-state index contributed by atoms with van der Waals surface area (Å²) in [7, 11) is -4.98. The number of phosphoric ester groups is 1. The molecule has 0 aliphatic carbocycles. The summed E-state index contributed by atoms with van der Waals surface area (Å²) in [6, 6.07) is 0. The van der Waals surface area contributed by atoms with Gasteiger partial charge in [0.1, 0.15) is 18.3 Å². The van der Waals surface area contributed by atoms with Crippen LogP contribution in [-0.2, 0) is 13.8 Å². The van der Waals surface area contributed by atoms with E-state index in [1.54, 1.807) is 0 Å². The Bertz CT molecular complexity index is 871. The summed E-state index contributed by atoms with van der Waals surface area (Å²) in [4.78, 5) is 39.8. The van der Waals surface area contributed by atoms with Crippen molar-refractivity contribution in [3.63, 3.8) is 0 Å². The van der Waals surface area contributed by atoms with E-state index in [4.69, 9.17) is 20.3 Å². The molecular formula is C10H14N5Na2O8P. The smallest absolute Gasteiger partial charge is 0.394 e. The number of phosphoric acid groups is 1. The van der Waals surface area contributed by atoms with Gasteiger partial charge in [-0.1, -0.05) is 0 Å². The number of nitrogen functional groups attached to an aromatic ring is 1. The minimum absolute atomic E-state index is 0. The second-order valence-corrected chi connectivity index (χ2v) is 6.27. The van der Waals surface area contributed by atoms with E-state index in [2.05, 4.69) is 19.5 Å². The van der Waals surface area contributed by atoms with Crippen LogP contribution in [0, 0.1) is 0 Å². The van der Waals surface area contributed by atoms with Crippen LogP contribution in [0.4, 0.5) is 5.95 Å². The fourth-order valence-electron chi connectivity index (χ4n) is 2.49. The Morgan fingerprint density at radius 1 is 1.42 bits per heavy atom. The first kappa shape index (κ1) is 24.2. The molecule has 1 fully saturated rings. The maximum atomic E-state index is 11.8. The molecule has 1 aliphatic rings. The van der Waals surface area contributed by atoms with Crippen molar-refractivity contribution in [2.45, 2.75) is 24.5 Å². The minimum Gasteiger partial charge on any atom is -0.394 e. The van der Waals surface area contributed by atoms with Gasteiger partial charge in [-0.15, -0.1) is 0 Å². The van der Waals surface area contributed by atoms with Crippen molar-refractivity contribution in [1.82, 2.24) is 19.5 Å². The first-order valence-electron chi connectivity index (χ1n) is 6.62. The number of hydrogen-bond acceptors (Lipinski definition) is 9. The van der Waals surface area contributed by atoms with Gasteiger partial charge in [-0.3, -0.25) is 18.9 Å². The molecule has 0 bridgehead atoms. The predicted octanol–water partition coefficient (Wildman–Crippen LogP) is -3.33. The molecule has 0 amide bonds. The quantitative estimate of drug-likeness (QED) is 0.217. The van der Waals surface area contributed by atoms with Crippen molar-refractivity contribution >= 4 is 84.0 Å². The molecule has 0 aromatic carbocycles. The van der Waals surface area contributed by atoms with E-state index in [1.807, 2.05) is 0 Å². The zero-order valence-electron chi connectivity index (χ0n) is 13.9. The van der Waals surface area contributed by atoms with E-state index in [0.717, 1.165) is 10.9 Å². The number of aliphatic hydroxyl groups excluding tert-OH is 2. The molecule has 7 N–H and O–H groups in total. The topological polar surface area (TPSA) is 206 Å². The van der Waals surface area contributed by atoms with Crippen LogP contribution in [0.5, 0.6) is 0 Å². The van der Waals surface area contributed by atoms with E-state index < -0.39 is 44.5 Å². The molecule has 1 aliphatic heterocycles. The number of nitrogens with two attached hydrogens (primary N) is 1. The Hall–Kier alpha value is 0.140. The van der Waals surface area contributed by atoms with Crippen LogP contribution in [0.1, 0.15) is 6.23 Å². The van der Waals surface area contributed by atoms with Gasteiger partial charge in [0.15, 0.2) is 17.4 Å². The number of hydrogen-bond donors (Lipinski definition) is 6. The number of fused-ring (bicyclic) bond motifs is 1. The maximum absolute atomic E-state index is 11.8. The number of ether oxygens (including phenoxy) is 1. The Morgan fingerprint density at radius 2 is 2.08 bits per heavy atom. The van der Waals surface area contributed by atoms with Gasteiger partial charge in [-0.05, 0) is 0 Å². The van der Waals surface area contributed by atoms with E-state index in [-0.39, 0.29) is 76.2 Å². The van der Waals surface area contributed by atoms with Gasteiger partial charge in [0.2, 0.25) is 5.95 Å². The summed E-state index contributed by atoms with van der Waals surface area (Å²) in [5.74, 6) is -0.209. The number of aromatic amines is 1. The number of nitrogens with one attached hydrogen (secondary N) is 1. The summed E-state index contributed by atoms with van der Waals surface area (Å²) in [6.45, 7) is -0.624. The SMILES string of the molecule is Nc1nc2c(ncn2[C@@H]2O[C@H](CO)[C@@H](O)[C@H]2OP(=O)(O)O)c(=O)[nH]1.[Na].[Na]. The first-order chi connectivity index (χ1) is 11.2. The molecule has 13 nitrogen and oxygen atoms in total. The molecule has 3 heterocycles. The van der Waals surface area contributed by atoms with Gasteiger partial charge in [0.25, 0.3) is 5.56 Å². The van der Waals surface area contributed by atoms with Crippen LogP contribution in [-0.4, -0.2) is 124 Å². The number of imidazole rings is 1. The maximum Gasteiger partial charge on any atom is 0.470 e. The minimum atomic E-state index is -4.98. The number of rotatable bonds is 4. The number of anilines is 1. The molecule has 1 saturated heterocycles. The molecule has 16 heteroatoms. The number of nitrogens with zero attached hydrogens (tertiary/aromatic N) is 3. The van der Waals surface area contributed by atoms with Gasteiger partial charge < -0.3 is 30.5 Å². The molecule has 2 aromatic rings. The van der Waals surface area contributed by atoms with Crippen molar-refractivity contribution < 1.29 is 33.8 Å². The number of aliphatic hydroxyl groups is 2. The van der Waals surface area contributed by atoms with E-state index in [1.165, 1.54) is 0 Å². The molecule has 134 valence electrons. The molecule has 0 saturated carbocycles. The van der Waals surface area contributed by atoms with Crippen LogP contribution in [0.2, 0.25) is 0 Å². The third-order valence-corrected chi connectivity index (χ3v) is 3.99. The normalized spacial score (nSPS) is 25.7. The van der Waals surface area contributed by atoms with Crippen LogP contribution in [0.25, 0.3) is 11.2 Å². The van der Waals surface area contributed by atoms with Gasteiger partial charge in [-0.25, -0.2) is 9.55 Å². The molecule has 26 heavy (non-hydrogen) atoms. The van der Waals surface area contributed by atoms with Crippen LogP contribution < -0.4 is 11.3 Å². The van der Waals surface area contributed by atoms with Crippen LogP contribution >= 0.6 is 7.82 Å². The molecule has 0 unspecified atom stereocenters. The van der Waals surface area contributed by atoms with Crippen molar-refractivity contribution in [2.24, 2.45) is 0 Å². The van der Waals surface area contributed by atoms with Crippen LogP contribution in [0.3, 0.4) is 0 Å². The fourth-order valence-corrected chi connectivity index (χ4v) is 3.04.